The number of rotatable bonds is 8. The molecule has 0 fully saturated rings. The largest absolute Gasteiger partial charge is 0.330 e. The molecule has 2 atom stereocenters. The van der Waals surface area contributed by atoms with Gasteiger partial charge >= 0.3 is 0 Å². The first-order valence-corrected chi connectivity index (χ1v) is 8.32. The monoisotopic (exact) mass is 311 g/mol. The maximum absolute atomic E-state index is 6.10. The summed E-state index contributed by atoms with van der Waals surface area (Å²) in [5.41, 5.74) is 11.9. The van der Waals surface area contributed by atoms with Gasteiger partial charge in [-0.3, -0.25) is 0 Å². The van der Waals surface area contributed by atoms with Gasteiger partial charge in [0, 0.05) is 0 Å². The second-order valence-electron chi connectivity index (χ2n) is 6.32. The van der Waals surface area contributed by atoms with Gasteiger partial charge in [0.15, 0.2) is 0 Å². The summed E-state index contributed by atoms with van der Waals surface area (Å²) in [5, 5.41) is 0. The van der Waals surface area contributed by atoms with Crippen molar-refractivity contribution in [3.63, 3.8) is 0 Å². The number of halogens is 1. The van der Waals surface area contributed by atoms with Gasteiger partial charge < -0.3 is 5.73 Å². The minimum Gasteiger partial charge on any atom is -0.330 e. The number of nitrogens with two attached hydrogens (primary N) is 1. The molecule has 0 saturated carbocycles. The van der Waals surface area contributed by atoms with Crippen molar-refractivity contribution in [2.75, 3.05) is 6.54 Å². The Morgan fingerprint density at radius 2 is 1.57 bits per heavy atom. The van der Waals surface area contributed by atoms with E-state index in [2.05, 4.69) is 46.8 Å². The SMILES string of the molecule is CCCCCC(CN)C(CC)c1c(C)cc(C)cc1C.Cl. The van der Waals surface area contributed by atoms with Crippen LogP contribution in [0.5, 0.6) is 0 Å². The van der Waals surface area contributed by atoms with E-state index in [0.29, 0.717) is 11.8 Å². The fraction of sp³-hybridized carbons (Fsp3) is 0.684. The van der Waals surface area contributed by atoms with Gasteiger partial charge in [-0.25, -0.2) is 0 Å². The summed E-state index contributed by atoms with van der Waals surface area (Å²) in [5.74, 6) is 1.25. The summed E-state index contributed by atoms with van der Waals surface area (Å²) in [4.78, 5) is 0. The first kappa shape index (κ1) is 20.5. The molecule has 122 valence electrons. The fourth-order valence-electron chi connectivity index (χ4n) is 3.69. The highest BCUT2D eigenvalue weighted by Crippen LogP contribution is 2.35. The molecule has 0 bridgehead atoms. The third-order valence-electron chi connectivity index (χ3n) is 4.60. The second kappa shape index (κ2) is 10.2. The average molecular weight is 312 g/mol. The molecule has 1 aromatic carbocycles. The van der Waals surface area contributed by atoms with Gasteiger partial charge in [0.05, 0.1) is 0 Å². The quantitative estimate of drug-likeness (QED) is 0.614. The lowest BCUT2D eigenvalue weighted by Gasteiger charge is -2.29. The summed E-state index contributed by atoms with van der Waals surface area (Å²) in [6.45, 7) is 12.1. The number of hydrogen-bond donors (Lipinski definition) is 1. The number of aryl methyl sites for hydroxylation is 3. The van der Waals surface area contributed by atoms with E-state index in [-0.39, 0.29) is 12.4 Å². The molecule has 1 nitrogen and oxygen atoms in total. The predicted molar refractivity (Wildman–Crippen MR) is 97.6 cm³/mol. The molecule has 0 saturated heterocycles. The summed E-state index contributed by atoms with van der Waals surface area (Å²) in [6, 6.07) is 4.65. The normalized spacial score (nSPS) is 13.6. The van der Waals surface area contributed by atoms with Crippen LogP contribution in [-0.2, 0) is 0 Å². The molecule has 2 heteroatoms. The van der Waals surface area contributed by atoms with Crippen LogP contribution in [0.15, 0.2) is 12.1 Å². The van der Waals surface area contributed by atoms with Crippen molar-refractivity contribution in [1.82, 2.24) is 0 Å². The Kier molecular flexibility index (Phi) is 9.98. The molecular weight excluding hydrogens is 278 g/mol. The van der Waals surface area contributed by atoms with Gasteiger partial charge in [0.1, 0.15) is 0 Å². The van der Waals surface area contributed by atoms with Crippen molar-refractivity contribution in [2.24, 2.45) is 11.7 Å². The van der Waals surface area contributed by atoms with Gasteiger partial charge in [0.25, 0.3) is 0 Å². The minimum absolute atomic E-state index is 0. The zero-order valence-corrected chi connectivity index (χ0v) is 15.4. The number of hydrogen-bond acceptors (Lipinski definition) is 1. The highest BCUT2D eigenvalue weighted by Gasteiger charge is 2.23. The molecule has 0 aliphatic heterocycles. The van der Waals surface area contributed by atoms with Crippen molar-refractivity contribution in [1.29, 1.82) is 0 Å². The Morgan fingerprint density at radius 1 is 1.00 bits per heavy atom. The summed E-state index contributed by atoms with van der Waals surface area (Å²) in [6.07, 6.45) is 6.41. The van der Waals surface area contributed by atoms with Crippen LogP contribution in [0.1, 0.15) is 74.1 Å². The number of unbranched alkanes of at least 4 members (excludes halogenated alkanes) is 2. The average Bonchev–Trinajstić information content (AvgIpc) is 2.39. The van der Waals surface area contributed by atoms with E-state index in [1.54, 1.807) is 5.56 Å². The van der Waals surface area contributed by atoms with Gasteiger partial charge in [-0.15, -0.1) is 12.4 Å². The lowest BCUT2D eigenvalue weighted by atomic mass is 9.77. The Bertz CT molecular complexity index is 391. The van der Waals surface area contributed by atoms with E-state index >= 15 is 0 Å². The van der Waals surface area contributed by atoms with Gasteiger partial charge in [-0.2, -0.15) is 0 Å². The predicted octanol–water partition coefficient (Wildman–Crippen LogP) is 5.68. The Labute approximate surface area is 138 Å². The van der Waals surface area contributed by atoms with Crippen molar-refractivity contribution in [2.45, 2.75) is 72.6 Å². The van der Waals surface area contributed by atoms with E-state index in [4.69, 9.17) is 5.73 Å². The van der Waals surface area contributed by atoms with Gasteiger partial charge in [-0.1, -0.05) is 50.8 Å². The van der Waals surface area contributed by atoms with Crippen LogP contribution in [-0.4, -0.2) is 6.54 Å². The third-order valence-corrected chi connectivity index (χ3v) is 4.60. The zero-order valence-electron chi connectivity index (χ0n) is 14.5. The lowest BCUT2D eigenvalue weighted by Crippen LogP contribution is -2.23. The van der Waals surface area contributed by atoms with Crippen LogP contribution < -0.4 is 5.73 Å². The molecule has 0 aliphatic rings. The topological polar surface area (TPSA) is 26.0 Å². The molecule has 2 N–H and O–H groups in total. The molecule has 0 amide bonds. The zero-order chi connectivity index (χ0) is 15.1. The Hall–Kier alpha value is -0.530. The van der Waals surface area contributed by atoms with E-state index in [0.717, 1.165) is 6.54 Å². The van der Waals surface area contributed by atoms with Crippen molar-refractivity contribution >= 4 is 12.4 Å². The highest BCUT2D eigenvalue weighted by atomic mass is 35.5. The summed E-state index contributed by atoms with van der Waals surface area (Å²) in [7, 11) is 0. The van der Waals surface area contributed by atoms with Crippen molar-refractivity contribution in [3.8, 4) is 0 Å². The van der Waals surface area contributed by atoms with Gasteiger partial charge in [0.2, 0.25) is 0 Å². The Morgan fingerprint density at radius 3 is 2.00 bits per heavy atom. The van der Waals surface area contributed by atoms with Crippen LogP contribution in [0.25, 0.3) is 0 Å². The van der Waals surface area contributed by atoms with E-state index in [1.807, 2.05) is 0 Å². The molecule has 21 heavy (non-hydrogen) atoms. The molecule has 2 unspecified atom stereocenters. The highest BCUT2D eigenvalue weighted by molar-refractivity contribution is 5.85. The first-order chi connectivity index (χ1) is 9.54. The maximum atomic E-state index is 6.10. The molecule has 0 aliphatic carbocycles. The lowest BCUT2D eigenvalue weighted by molar-refractivity contribution is 0.377. The van der Waals surface area contributed by atoms with E-state index in [9.17, 15) is 0 Å². The fourth-order valence-corrected chi connectivity index (χ4v) is 3.69. The first-order valence-electron chi connectivity index (χ1n) is 8.32. The smallest absolute Gasteiger partial charge is 0.00430 e. The standard InChI is InChI=1S/C19H33N.ClH/c1-6-8-9-10-17(13-20)18(7-2)19-15(4)11-14(3)12-16(19)5;/h11-12,17-18H,6-10,13,20H2,1-5H3;1H. The van der Waals surface area contributed by atoms with Crippen LogP contribution in [0.3, 0.4) is 0 Å². The molecule has 1 rings (SSSR count). The molecule has 1 aromatic rings. The van der Waals surface area contributed by atoms with Crippen LogP contribution in [0.2, 0.25) is 0 Å². The van der Waals surface area contributed by atoms with Gasteiger partial charge in [-0.05, 0) is 68.7 Å². The van der Waals surface area contributed by atoms with E-state index < -0.39 is 0 Å². The summed E-state index contributed by atoms with van der Waals surface area (Å²) >= 11 is 0. The number of benzene rings is 1. The van der Waals surface area contributed by atoms with E-state index in [1.165, 1.54) is 48.8 Å². The maximum Gasteiger partial charge on any atom is -0.00430 e. The molecule has 0 heterocycles. The van der Waals surface area contributed by atoms with Crippen LogP contribution in [0.4, 0.5) is 0 Å². The summed E-state index contributed by atoms with van der Waals surface area (Å²) < 4.78 is 0. The van der Waals surface area contributed by atoms with Crippen LogP contribution >= 0.6 is 12.4 Å². The van der Waals surface area contributed by atoms with Crippen LogP contribution in [0, 0.1) is 26.7 Å². The molecule has 0 spiro atoms. The molecule has 0 aromatic heterocycles. The molecular formula is C19H34ClN. The third kappa shape index (κ3) is 5.64. The second-order valence-corrected chi connectivity index (χ2v) is 6.32. The minimum atomic E-state index is 0. The van der Waals surface area contributed by atoms with Crippen molar-refractivity contribution < 1.29 is 0 Å². The van der Waals surface area contributed by atoms with Crippen molar-refractivity contribution in [3.05, 3.63) is 34.4 Å². The molecule has 0 radical (unpaired) electrons. The Balaban J connectivity index is 0.00000400.